The van der Waals surface area contributed by atoms with Crippen molar-refractivity contribution < 1.29 is 33.5 Å². The molecule has 1 saturated heterocycles. The van der Waals surface area contributed by atoms with Gasteiger partial charge in [0.15, 0.2) is 17.1 Å². The molecule has 0 aliphatic carbocycles. The summed E-state index contributed by atoms with van der Waals surface area (Å²) in [7, 11) is 1.47. The SMILES string of the molecule is COc1ccccc1Oc1cc(NC=C2C(=O)OC(C)(C)OC2=O)cc([N+](=O)[O-])c1. The van der Waals surface area contributed by atoms with E-state index in [1.807, 2.05) is 0 Å². The van der Waals surface area contributed by atoms with Gasteiger partial charge in [-0.05, 0) is 12.1 Å². The molecule has 0 unspecified atom stereocenters. The van der Waals surface area contributed by atoms with E-state index in [2.05, 4.69) is 5.32 Å². The first-order valence-electron chi connectivity index (χ1n) is 8.72. The molecule has 10 heteroatoms. The first-order chi connectivity index (χ1) is 14.2. The van der Waals surface area contributed by atoms with Crippen LogP contribution in [0.2, 0.25) is 0 Å². The number of methoxy groups -OCH3 is 1. The number of non-ortho nitro benzene ring substituents is 1. The van der Waals surface area contributed by atoms with Crippen LogP contribution in [0.15, 0.2) is 54.2 Å². The predicted molar refractivity (Wildman–Crippen MR) is 104 cm³/mol. The molecule has 1 N–H and O–H groups in total. The van der Waals surface area contributed by atoms with Crippen molar-refractivity contribution >= 4 is 23.3 Å². The number of nitrogens with one attached hydrogen (secondary N) is 1. The number of esters is 2. The Morgan fingerprint density at radius 3 is 2.30 bits per heavy atom. The number of cyclic esters (lactones) is 2. The maximum Gasteiger partial charge on any atom is 0.350 e. The summed E-state index contributed by atoms with van der Waals surface area (Å²) < 4.78 is 20.9. The van der Waals surface area contributed by atoms with Crippen LogP contribution in [0, 0.1) is 10.1 Å². The van der Waals surface area contributed by atoms with E-state index in [9.17, 15) is 19.7 Å². The van der Waals surface area contributed by atoms with E-state index in [0.29, 0.717) is 11.5 Å². The number of nitro groups is 1. The van der Waals surface area contributed by atoms with Gasteiger partial charge in [0, 0.05) is 37.9 Å². The molecule has 0 aromatic heterocycles. The van der Waals surface area contributed by atoms with Crippen molar-refractivity contribution in [2.75, 3.05) is 12.4 Å². The van der Waals surface area contributed by atoms with E-state index in [1.165, 1.54) is 39.2 Å². The Morgan fingerprint density at radius 2 is 1.70 bits per heavy atom. The molecule has 1 fully saturated rings. The summed E-state index contributed by atoms with van der Waals surface area (Å²) in [6, 6.07) is 10.7. The molecule has 1 aliphatic rings. The van der Waals surface area contributed by atoms with Crippen LogP contribution >= 0.6 is 0 Å². The maximum atomic E-state index is 12.0. The number of carbonyl (C=O) groups excluding carboxylic acids is 2. The third-order valence-corrected chi connectivity index (χ3v) is 3.90. The molecular formula is C20H18N2O8. The predicted octanol–water partition coefficient (Wildman–Crippen LogP) is 3.53. The molecule has 3 rings (SSSR count). The van der Waals surface area contributed by atoms with Crippen LogP contribution in [-0.2, 0) is 19.1 Å². The summed E-state index contributed by atoms with van der Waals surface area (Å²) in [6.45, 7) is 2.85. The van der Waals surface area contributed by atoms with Crippen LogP contribution in [0.25, 0.3) is 0 Å². The summed E-state index contributed by atoms with van der Waals surface area (Å²) in [5.41, 5.74) is -0.446. The minimum Gasteiger partial charge on any atom is -0.493 e. The first kappa shape index (κ1) is 20.6. The van der Waals surface area contributed by atoms with Gasteiger partial charge in [-0.3, -0.25) is 10.1 Å². The second-order valence-corrected chi connectivity index (χ2v) is 6.61. The van der Waals surface area contributed by atoms with Crippen LogP contribution in [0.4, 0.5) is 11.4 Å². The van der Waals surface area contributed by atoms with Gasteiger partial charge in [0.05, 0.1) is 18.1 Å². The fourth-order valence-electron chi connectivity index (χ4n) is 2.60. The van der Waals surface area contributed by atoms with E-state index in [4.69, 9.17) is 18.9 Å². The highest BCUT2D eigenvalue weighted by atomic mass is 16.7. The van der Waals surface area contributed by atoms with Crippen molar-refractivity contribution in [2.24, 2.45) is 0 Å². The van der Waals surface area contributed by atoms with Gasteiger partial charge in [0.25, 0.3) is 11.5 Å². The zero-order valence-corrected chi connectivity index (χ0v) is 16.3. The highest BCUT2D eigenvalue weighted by Gasteiger charge is 2.39. The number of ether oxygens (including phenoxy) is 4. The number of nitro benzene ring substituents is 1. The average molecular weight is 414 g/mol. The fraction of sp³-hybridized carbons (Fsp3) is 0.200. The molecule has 0 amide bonds. The van der Waals surface area contributed by atoms with Crippen LogP contribution in [-0.4, -0.2) is 29.8 Å². The van der Waals surface area contributed by atoms with Gasteiger partial charge in [-0.15, -0.1) is 0 Å². The number of hydrogen-bond acceptors (Lipinski definition) is 9. The Labute approximate surface area is 171 Å². The van der Waals surface area contributed by atoms with Gasteiger partial charge in [0.2, 0.25) is 0 Å². The van der Waals surface area contributed by atoms with Gasteiger partial charge in [-0.25, -0.2) is 9.59 Å². The summed E-state index contributed by atoms with van der Waals surface area (Å²) in [5.74, 6) is -2.18. The van der Waals surface area contributed by atoms with Crippen molar-refractivity contribution in [3.8, 4) is 17.2 Å². The molecule has 2 aromatic rings. The minimum atomic E-state index is -1.37. The lowest BCUT2D eigenvalue weighted by Gasteiger charge is -2.29. The second kappa shape index (κ2) is 8.11. The lowest BCUT2D eigenvalue weighted by Crippen LogP contribution is -2.42. The number of benzene rings is 2. The molecular weight excluding hydrogens is 396 g/mol. The zero-order chi connectivity index (χ0) is 21.9. The van der Waals surface area contributed by atoms with Crippen LogP contribution in [0.1, 0.15) is 13.8 Å². The van der Waals surface area contributed by atoms with E-state index < -0.39 is 22.6 Å². The molecule has 1 aliphatic heterocycles. The Kier molecular flexibility index (Phi) is 5.58. The summed E-state index contributed by atoms with van der Waals surface area (Å²) in [5, 5.41) is 14.0. The minimum absolute atomic E-state index is 0.143. The number of para-hydroxylation sites is 2. The average Bonchev–Trinajstić information content (AvgIpc) is 2.66. The van der Waals surface area contributed by atoms with Gasteiger partial charge >= 0.3 is 11.9 Å². The normalized spacial score (nSPS) is 15.0. The third kappa shape index (κ3) is 4.66. The smallest absolute Gasteiger partial charge is 0.350 e. The molecule has 156 valence electrons. The zero-order valence-electron chi connectivity index (χ0n) is 16.3. The van der Waals surface area contributed by atoms with Crippen LogP contribution < -0.4 is 14.8 Å². The summed E-state index contributed by atoms with van der Waals surface area (Å²) in [6.07, 6.45) is 1.06. The number of nitrogens with zero attached hydrogens (tertiary/aromatic N) is 1. The van der Waals surface area contributed by atoms with Crippen LogP contribution in [0.5, 0.6) is 17.2 Å². The summed E-state index contributed by atoms with van der Waals surface area (Å²) >= 11 is 0. The molecule has 0 spiro atoms. The number of hydrogen-bond donors (Lipinski definition) is 1. The highest BCUT2D eigenvalue weighted by molar-refractivity contribution is 6.15. The first-order valence-corrected chi connectivity index (χ1v) is 8.72. The topological polar surface area (TPSA) is 126 Å². The van der Waals surface area contributed by atoms with Gasteiger partial charge in [-0.2, -0.15) is 0 Å². The molecule has 2 aromatic carbocycles. The Morgan fingerprint density at radius 1 is 1.07 bits per heavy atom. The van der Waals surface area contributed by atoms with Crippen molar-refractivity contribution in [3.05, 3.63) is 64.4 Å². The molecule has 1 heterocycles. The Balaban J connectivity index is 1.89. The quantitative estimate of drug-likeness (QED) is 0.248. The fourth-order valence-corrected chi connectivity index (χ4v) is 2.60. The molecule has 30 heavy (non-hydrogen) atoms. The third-order valence-electron chi connectivity index (χ3n) is 3.90. The Hall–Kier alpha value is -4.08. The molecule has 0 radical (unpaired) electrons. The van der Waals surface area contributed by atoms with Gasteiger partial charge in [0.1, 0.15) is 5.75 Å². The van der Waals surface area contributed by atoms with Crippen molar-refractivity contribution in [1.29, 1.82) is 0 Å². The van der Waals surface area contributed by atoms with E-state index in [0.717, 1.165) is 6.20 Å². The lowest BCUT2D eigenvalue weighted by molar-refractivity contribution is -0.384. The van der Waals surface area contributed by atoms with Crippen molar-refractivity contribution in [2.45, 2.75) is 19.6 Å². The van der Waals surface area contributed by atoms with Crippen molar-refractivity contribution in [3.63, 3.8) is 0 Å². The maximum absolute atomic E-state index is 12.0. The van der Waals surface area contributed by atoms with Gasteiger partial charge < -0.3 is 24.3 Å². The molecule has 0 bridgehead atoms. The second-order valence-electron chi connectivity index (χ2n) is 6.61. The lowest BCUT2D eigenvalue weighted by atomic mass is 10.2. The molecule has 0 saturated carbocycles. The standard InChI is InChI=1S/C20H18N2O8/c1-20(2)29-18(23)15(19(24)30-20)11-21-12-8-13(22(25)26)10-14(9-12)28-17-7-5-4-6-16(17)27-3/h4-11,21H,1-3H3. The van der Waals surface area contributed by atoms with Gasteiger partial charge in [-0.1, -0.05) is 12.1 Å². The number of anilines is 1. The highest BCUT2D eigenvalue weighted by Crippen LogP contribution is 2.34. The largest absolute Gasteiger partial charge is 0.493 e. The van der Waals surface area contributed by atoms with E-state index >= 15 is 0 Å². The van der Waals surface area contributed by atoms with E-state index in [1.54, 1.807) is 24.3 Å². The van der Waals surface area contributed by atoms with Crippen LogP contribution in [0.3, 0.4) is 0 Å². The summed E-state index contributed by atoms with van der Waals surface area (Å²) in [4.78, 5) is 34.7. The van der Waals surface area contributed by atoms with E-state index in [-0.39, 0.29) is 22.7 Å². The van der Waals surface area contributed by atoms with Crippen molar-refractivity contribution in [1.82, 2.24) is 0 Å². The monoisotopic (exact) mass is 414 g/mol. The Bertz CT molecular complexity index is 1020. The number of carbonyl (C=O) groups is 2. The number of rotatable bonds is 6. The molecule has 10 nitrogen and oxygen atoms in total. The molecule has 0 atom stereocenters.